The van der Waals surface area contributed by atoms with E-state index in [9.17, 15) is 9.59 Å². The van der Waals surface area contributed by atoms with Crippen molar-refractivity contribution < 1.29 is 14.3 Å². The number of thioether (sulfide) groups is 1. The summed E-state index contributed by atoms with van der Waals surface area (Å²) in [6.07, 6.45) is 0. The summed E-state index contributed by atoms with van der Waals surface area (Å²) in [4.78, 5) is 23.3. The van der Waals surface area contributed by atoms with Gasteiger partial charge >= 0.3 is 12.0 Å². The van der Waals surface area contributed by atoms with Gasteiger partial charge in [0.05, 0.1) is 11.6 Å². The Bertz CT molecular complexity index is 629. The summed E-state index contributed by atoms with van der Waals surface area (Å²) in [5.41, 5.74) is 0. The summed E-state index contributed by atoms with van der Waals surface area (Å²) < 4.78 is 5.51. The Labute approximate surface area is 139 Å². The van der Waals surface area contributed by atoms with Crippen molar-refractivity contribution in [1.29, 1.82) is 0 Å². The van der Waals surface area contributed by atoms with Gasteiger partial charge in [-0.15, -0.1) is 21.5 Å². The largest absolute Gasteiger partial charge is 0.465 e. The summed E-state index contributed by atoms with van der Waals surface area (Å²) in [5, 5.41) is 15.7. The zero-order valence-corrected chi connectivity index (χ0v) is 14.3. The molecule has 7 nitrogen and oxygen atoms in total. The highest BCUT2D eigenvalue weighted by atomic mass is 32.2. The third-order valence-corrected chi connectivity index (χ3v) is 5.07. The summed E-state index contributed by atoms with van der Waals surface area (Å²) in [6.45, 7) is 3.84. The predicted octanol–water partition coefficient (Wildman–Crippen LogP) is 3.29. The lowest BCUT2D eigenvalue weighted by atomic mass is 10.5. The number of nitrogens with one attached hydrogen (secondary N) is 2. The molecule has 1 atom stereocenters. The maximum absolute atomic E-state index is 11.7. The lowest BCUT2D eigenvalue weighted by Gasteiger charge is -2.06. The van der Waals surface area contributed by atoms with Crippen LogP contribution in [0.4, 0.5) is 14.9 Å². The maximum Gasteiger partial charge on any atom is 0.326 e. The van der Waals surface area contributed by atoms with Gasteiger partial charge in [-0.2, -0.15) is 0 Å². The van der Waals surface area contributed by atoms with Gasteiger partial charge in [0.2, 0.25) is 5.13 Å². The fourth-order valence-corrected chi connectivity index (χ4v) is 3.86. The molecule has 0 saturated heterocycles. The summed E-state index contributed by atoms with van der Waals surface area (Å²) in [7, 11) is 0. The van der Waals surface area contributed by atoms with E-state index in [0.717, 1.165) is 5.00 Å². The predicted molar refractivity (Wildman–Crippen MR) is 88.8 cm³/mol. The number of hydrogen-bond donors (Lipinski definition) is 2. The molecule has 2 aromatic rings. The molecule has 0 aliphatic rings. The lowest BCUT2D eigenvalue weighted by molar-refractivity contribution is -0.142. The second-order valence-electron chi connectivity index (χ2n) is 3.94. The Kier molecular flexibility index (Phi) is 6.16. The van der Waals surface area contributed by atoms with Crippen molar-refractivity contribution in [2.75, 3.05) is 17.2 Å². The molecule has 118 valence electrons. The number of esters is 1. The zero-order valence-electron chi connectivity index (χ0n) is 11.9. The molecule has 10 heteroatoms. The molecular weight excluding hydrogens is 344 g/mol. The van der Waals surface area contributed by atoms with Crippen molar-refractivity contribution in [1.82, 2.24) is 10.2 Å². The van der Waals surface area contributed by atoms with E-state index in [1.54, 1.807) is 19.9 Å². The van der Waals surface area contributed by atoms with Crippen LogP contribution in [0.25, 0.3) is 0 Å². The molecule has 0 spiro atoms. The van der Waals surface area contributed by atoms with Gasteiger partial charge in [-0.25, -0.2) is 4.79 Å². The highest BCUT2D eigenvalue weighted by Gasteiger charge is 2.18. The molecule has 0 aromatic carbocycles. The van der Waals surface area contributed by atoms with Crippen molar-refractivity contribution >= 4 is 56.6 Å². The first-order valence-corrected chi connectivity index (χ1v) is 8.94. The topological polar surface area (TPSA) is 93.2 Å². The second kappa shape index (κ2) is 8.11. The molecule has 2 amide bonds. The molecule has 2 rings (SSSR count). The Morgan fingerprint density at radius 1 is 1.41 bits per heavy atom. The van der Waals surface area contributed by atoms with Crippen molar-refractivity contribution in [3.05, 3.63) is 17.5 Å². The minimum atomic E-state index is -0.381. The van der Waals surface area contributed by atoms with Gasteiger partial charge in [0.1, 0.15) is 5.25 Å². The van der Waals surface area contributed by atoms with E-state index in [2.05, 4.69) is 20.8 Å². The molecule has 2 aromatic heterocycles. The average Bonchev–Trinajstić information content (AvgIpc) is 3.11. The summed E-state index contributed by atoms with van der Waals surface area (Å²) in [5.74, 6) is -0.298. The highest BCUT2D eigenvalue weighted by molar-refractivity contribution is 8.02. The number of amides is 2. The molecule has 0 radical (unpaired) electrons. The fraction of sp³-hybridized carbons (Fsp3) is 0.333. The van der Waals surface area contributed by atoms with Crippen LogP contribution in [0.2, 0.25) is 0 Å². The van der Waals surface area contributed by atoms with Crippen LogP contribution in [0.1, 0.15) is 13.8 Å². The van der Waals surface area contributed by atoms with E-state index < -0.39 is 0 Å². The second-order valence-corrected chi connectivity index (χ2v) is 7.45. The lowest BCUT2D eigenvalue weighted by Crippen LogP contribution is -2.18. The Morgan fingerprint density at radius 2 is 2.23 bits per heavy atom. The van der Waals surface area contributed by atoms with Crippen LogP contribution in [-0.4, -0.2) is 34.1 Å². The van der Waals surface area contributed by atoms with Gasteiger partial charge in [0.15, 0.2) is 4.34 Å². The number of ether oxygens (including phenoxy) is 1. The highest BCUT2D eigenvalue weighted by Crippen LogP contribution is 2.29. The number of hydrogen-bond acceptors (Lipinski definition) is 8. The number of anilines is 2. The number of nitrogens with zero attached hydrogens (tertiary/aromatic N) is 2. The van der Waals surface area contributed by atoms with E-state index in [4.69, 9.17) is 4.74 Å². The zero-order chi connectivity index (χ0) is 15.9. The number of rotatable bonds is 6. The molecule has 22 heavy (non-hydrogen) atoms. The summed E-state index contributed by atoms with van der Waals surface area (Å²) in [6, 6.07) is 3.26. The molecule has 0 aliphatic heterocycles. The third kappa shape index (κ3) is 4.97. The Morgan fingerprint density at radius 3 is 2.91 bits per heavy atom. The monoisotopic (exact) mass is 358 g/mol. The van der Waals surface area contributed by atoms with E-state index in [1.807, 2.05) is 11.4 Å². The Balaban J connectivity index is 1.85. The van der Waals surface area contributed by atoms with Gasteiger partial charge < -0.3 is 4.74 Å². The molecule has 0 unspecified atom stereocenters. The minimum absolute atomic E-state index is 0.298. The number of carbonyl (C=O) groups is 2. The number of aromatic nitrogens is 2. The van der Waals surface area contributed by atoms with E-state index >= 15 is 0 Å². The van der Waals surface area contributed by atoms with Crippen molar-refractivity contribution in [3.63, 3.8) is 0 Å². The molecule has 0 bridgehead atoms. The van der Waals surface area contributed by atoms with Gasteiger partial charge in [-0.3, -0.25) is 15.4 Å². The molecule has 0 aliphatic carbocycles. The standard InChI is InChI=1S/C12H14N4O3S3/c1-3-19-9(17)7(2)21-12-16-15-11(22-12)14-10(18)13-8-5-4-6-20-8/h4-7H,3H2,1-2H3,(H2,13,14,15,18)/t7-/m0/s1. The molecule has 0 fully saturated rings. The first kappa shape index (κ1) is 16.7. The van der Waals surface area contributed by atoms with Crippen molar-refractivity contribution in [2.45, 2.75) is 23.4 Å². The van der Waals surface area contributed by atoms with Crippen LogP contribution < -0.4 is 10.6 Å². The van der Waals surface area contributed by atoms with Gasteiger partial charge in [-0.1, -0.05) is 23.1 Å². The number of thiophene rings is 1. The van der Waals surface area contributed by atoms with Crippen LogP contribution in [0.15, 0.2) is 21.9 Å². The molecular formula is C12H14N4O3S3. The van der Waals surface area contributed by atoms with Gasteiger partial charge in [-0.05, 0) is 31.4 Å². The van der Waals surface area contributed by atoms with Crippen molar-refractivity contribution in [2.24, 2.45) is 0 Å². The number of urea groups is 1. The smallest absolute Gasteiger partial charge is 0.326 e. The fourth-order valence-electron chi connectivity index (χ4n) is 1.36. The number of carbonyl (C=O) groups excluding carboxylic acids is 2. The molecule has 2 heterocycles. The molecule has 0 saturated carbocycles. The van der Waals surface area contributed by atoms with Crippen molar-refractivity contribution in [3.8, 4) is 0 Å². The maximum atomic E-state index is 11.7. The van der Waals surface area contributed by atoms with E-state index in [-0.39, 0.29) is 17.3 Å². The third-order valence-electron chi connectivity index (χ3n) is 2.28. The molecule has 2 N–H and O–H groups in total. The van der Waals surface area contributed by atoms with Crippen LogP contribution >= 0.6 is 34.4 Å². The van der Waals surface area contributed by atoms with Crippen LogP contribution in [0, 0.1) is 0 Å². The normalized spacial score (nSPS) is 11.7. The van der Waals surface area contributed by atoms with E-state index in [0.29, 0.717) is 16.1 Å². The minimum Gasteiger partial charge on any atom is -0.465 e. The Hall–Kier alpha value is -1.65. The van der Waals surface area contributed by atoms with Gasteiger partial charge in [0.25, 0.3) is 0 Å². The average molecular weight is 358 g/mol. The first-order chi connectivity index (χ1) is 10.6. The quantitative estimate of drug-likeness (QED) is 0.467. The van der Waals surface area contributed by atoms with Crippen LogP contribution in [0.3, 0.4) is 0 Å². The summed E-state index contributed by atoms with van der Waals surface area (Å²) >= 11 is 3.87. The van der Waals surface area contributed by atoms with E-state index in [1.165, 1.54) is 34.4 Å². The van der Waals surface area contributed by atoms with Crippen LogP contribution in [0.5, 0.6) is 0 Å². The first-order valence-electron chi connectivity index (χ1n) is 6.36. The SMILES string of the molecule is CCOC(=O)[C@H](C)Sc1nnc(NC(=O)Nc2cccs2)s1. The van der Waals surface area contributed by atoms with Crippen LogP contribution in [-0.2, 0) is 9.53 Å². The van der Waals surface area contributed by atoms with Gasteiger partial charge in [0, 0.05) is 0 Å².